The Morgan fingerprint density at radius 1 is 1.07 bits per heavy atom. The summed E-state index contributed by atoms with van der Waals surface area (Å²) in [5, 5.41) is 6.62. The fourth-order valence-electron chi connectivity index (χ4n) is 3.15. The molecule has 0 bridgehead atoms. The molecule has 1 N–H and O–H groups in total. The Balaban J connectivity index is 1.42. The van der Waals surface area contributed by atoms with E-state index in [0.717, 1.165) is 24.0 Å². The maximum absolute atomic E-state index is 13.7. The lowest BCUT2D eigenvalue weighted by molar-refractivity contribution is 0.208. The van der Waals surface area contributed by atoms with Crippen LogP contribution in [0.25, 0.3) is 5.82 Å². The van der Waals surface area contributed by atoms with Crippen molar-refractivity contribution in [3.63, 3.8) is 0 Å². The molecule has 10 heteroatoms. The van der Waals surface area contributed by atoms with Gasteiger partial charge in [0, 0.05) is 50.7 Å². The second kappa shape index (κ2) is 7.82. The Hall–Kier alpha value is -3.56. The third kappa shape index (κ3) is 4.15. The summed E-state index contributed by atoms with van der Waals surface area (Å²) in [5.74, 6) is 0.743. The van der Waals surface area contributed by atoms with Crippen LogP contribution in [0.15, 0.2) is 42.7 Å². The number of carbonyl (C=O) groups excluding carboxylic acids is 1. The minimum atomic E-state index is -0.680. The van der Waals surface area contributed by atoms with E-state index < -0.39 is 17.7 Å². The van der Waals surface area contributed by atoms with Gasteiger partial charge in [-0.2, -0.15) is 5.10 Å². The summed E-state index contributed by atoms with van der Waals surface area (Å²) in [6, 6.07) is 6.14. The van der Waals surface area contributed by atoms with Gasteiger partial charge in [0.15, 0.2) is 5.82 Å². The van der Waals surface area contributed by atoms with Gasteiger partial charge in [0.2, 0.25) is 0 Å². The van der Waals surface area contributed by atoms with E-state index in [1.807, 2.05) is 24.0 Å². The average molecular weight is 399 g/mol. The maximum Gasteiger partial charge on any atom is 0.322 e. The molecule has 2 amide bonds. The number of aromatic nitrogens is 4. The van der Waals surface area contributed by atoms with Crippen LogP contribution in [0, 0.1) is 18.6 Å². The number of benzene rings is 1. The number of urea groups is 1. The number of piperazine rings is 1. The number of nitrogens with zero attached hydrogens (tertiary/aromatic N) is 6. The first kappa shape index (κ1) is 18.8. The number of hydrogen-bond donors (Lipinski definition) is 1. The van der Waals surface area contributed by atoms with Gasteiger partial charge in [0.05, 0.1) is 5.69 Å². The molecule has 150 valence electrons. The van der Waals surface area contributed by atoms with Gasteiger partial charge in [-0.05, 0) is 25.1 Å². The van der Waals surface area contributed by atoms with E-state index in [9.17, 15) is 13.6 Å². The van der Waals surface area contributed by atoms with Crippen molar-refractivity contribution < 1.29 is 13.6 Å². The molecule has 3 aromatic rings. The summed E-state index contributed by atoms with van der Waals surface area (Å²) in [4.78, 5) is 24.9. The zero-order valence-electron chi connectivity index (χ0n) is 15.7. The SMILES string of the molecule is Cc1nc(N2CCN(C(=O)Nc3cc(F)ccc3F)CC2)cc(-n2cccn2)n1. The molecule has 0 spiro atoms. The highest BCUT2D eigenvalue weighted by Gasteiger charge is 2.23. The van der Waals surface area contributed by atoms with Gasteiger partial charge >= 0.3 is 6.03 Å². The highest BCUT2D eigenvalue weighted by atomic mass is 19.1. The van der Waals surface area contributed by atoms with Crippen LogP contribution in [0.5, 0.6) is 0 Å². The second-order valence-corrected chi connectivity index (χ2v) is 6.61. The number of carbonyl (C=O) groups is 1. The van der Waals surface area contributed by atoms with E-state index in [1.165, 1.54) is 0 Å². The Morgan fingerprint density at radius 2 is 1.83 bits per heavy atom. The number of anilines is 2. The van der Waals surface area contributed by atoms with Gasteiger partial charge < -0.3 is 15.1 Å². The zero-order chi connectivity index (χ0) is 20.4. The monoisotopic (exact) mass is 399 g/mol. The first-order valence-corrected chi connectivity index (χ1v) is 9.11. The third-order valence-electron chi connectivity index (χ3n) is 4.61. The van der Waals surface area contributed by atoms with Crippen LogP contribution in [0.3, 0.4) is 0 Å². The van der Waals surface area contributed by atoms with E-state index in [2.05, 4.69) is 20.4 Å². The van der Waals surface area contributed by atoms with Crippen LogP contribution in [-0.2, 0) is 0 Å². The molecule has 1 saturated heterocycles. The van der Waals surface area contributed by atoms with Crippen molar-refractivity contribution in [1.29, 1.82) is 0 Å². The topological polar surface area (TPSA) is 79.2 Å². The Kier molecular flexibility index (Phi) is 5.07. The molecule has 1 fully saturated rings. The molecule has 0 unspecified atom stereocenters. The van der Waals surface area contributed by atoms with Crippen LogP contribution < -0.4 is 10.2 Å². The fourth-order valence-corrected chi connectivity index (χ4v) is 3.15. The van der Waals surface area contributed by atoms with Crippen molar-refractivity contribution in [1.82, 2.24) is 24.6 Å². The molecule has 0 radical (unpaired) electrons. The van der Waals surface area contributed by atoms with Crippen LogP contribution in [0.4, 0.5) is 25.1 Å². The van der Waals surface area contributed by atoms with Gasteiger partial charge in [0.25, 0.3) is 0 Å². The van der Waals surface area contributed by atoms with Crippen molar-refractivity contribution in [2.75, 3.05) is 36.4 Å². The van der Waals surface area contributed by atoms with Crippen molar-refractivity contribution in [3.05, 3.63) is 60.2 Å². The minimum Gasteiger partial charge on any atom is -0.353 e. The highest BCUT2D eigenvalue weighted by Crippen LogP contribution is 2.19. The first-order valence-electron chi connectivity index (χ1n) is 9.11. The molecular weight excluding hydrogens is 380 g/mol. The van der Waals surface area contributed by atoms with Crippen LogP contribution in [-0.4, -0.2) is 56.9 Å². The number of rotatable bonds is 3. The van der Waals surface area contributed by atoms with Crippen LogP contribution >= 0.6 is 0 Å². The maximum atomic E-state index is 13.7. The number of amides is 2. The van der Waals surface area contributed by atoms with Crippen molar-refractivity contribution in [3.8, 4) is 5.82 Å². The predicted molar refractivity (Wildman–Crippen MR) is 103 cm³/mol. The van der Waals surface area contributed by atoms with Gasteiger partial charge in [0.1, 0.15) is 23.3 Å². The van der Waals surface area contributed by atoms with E-state index >= 15 is 0 Å². The first-order chi connectivity index (χ1) is 14.0. The molecule has 1 aliphatic heterocycles. The predicted octanol–water partition coefficient (Wildman–Crippen LogP) is 2.60. The zero-order valence-corrected chi connectivity index (χ0v) is 15.7. The summed E-state index contributed by atoms with van der Waals surface area (Å²) >= 11 is 0. The summed E-state index contributed by atoms with van der Waals surface area (Å²) in [6.45, 7) is 3.75. The minimum absolute atomic E-state index is 0.173. The highest BCUT2D eigenvalue weighted by molar-refractivity contribution is 5.89. The molecule has 29 heavy (non-hydrogen) atoms. The van der Waals surface area contributed by atoms with E-state index in [4.69, 9.17) is 0 Å². The molecule has 0 atom stereocenters. The van der Waals surface area contributed by atoms with Crippen LogP contribution in [0.2, 0.25) is 0 Å². The average Bonchev–Trinajstić information content (AvgIpc) is 3.25. The molecule has 8 nitrogen and oxygen atoms in total. The molecular formula is C19H19F2N7O. The summed E-state index contributed by atoms with van der Waals surface area (Å²) in [5.41, 5.74) is -0.173. The third-order valence-corrected chi connectivity index (χ3v) is 4.61. The normalized spacial score (nSPS) is 14.2. The van der Waals surface area contributed by atoms with Crippen molar-refractivity contribution in [2.45, 2.75) is 6.92 Å². The van der Waals surface area contributed by atoms with Crippen molar-refractivity contribution in [2.24, 2.45) is 0 Å². The quantitative estimate of drug-likeness (QED) is 0.733. The number of hydrogen-bond acceptors (Lipinski definition) is 5. The largest absolute Gasteiger partial charge is 0.353 e. The molecule has 4 rings (SSSR count). The van der Waals surface area contributed by atoms with E-state index in [1.54, 1.807) is 22.0 Å². The molecule has 0 aliphatic carbocycles. The summed E-state index contributed by atoms with van der Waals surface area (Å²) in [6.07, 6.45) is 3.48. The number of aryl methyl sites for hydroxylation is 1. The van der Waals surface area contributed by atoms with E-state index in [-0.39, 0.29) is 5.69 Å². The summed E-state index contributed by atoms with van der Waals surface area (Å²) in [7, 11) is 0. The lowest BCUT2D eigenvalue weighted by atomic mass is 10.3. The molecule has 1 aliphatic rings. The van der Waals surface area contributed by atoms with Crippen LogP contribution in [0.1, 0.15) is 5.82 Å². The second-order valence-electron chi connectivity index (χ2n) is 6.61. The van der Waals surface area contributed by atoms with Gasteiger partial charge in [-0.3, -0.25) is 0 Å². The number of nitrogens with one attached hydrogen (secondary N) is 1. The Bertz CT molecular complexity index is 1020. The lowest BCUT2D eigenvalue weighted by Gasteiger charge is -2.35. The van der Waals surface area contributed by atoms with Crippen molar-refractivity contribution >= 4 is 17.5 Å². The standard InChI is InChI=1S/C19H19F2N7O/c1-13-23-17(12-18(24-13)28-6-2-5-22-28)26-7-9-27(10-8-26)19(29)25-16-11-14(20)3-4-15(16)21/h2-6,11-12H,7-10H2,1H3,(H,25,29). The fraction of sp³-hybridized carbons (Fsp3) is 0.263. The molecule has 0 saturated carbocycles. The van der Waals surface area contributed by atoms with Gasteiger partial charge in [-0.15, -0.1) is 0 Å². The lowest BCUT2D eigenvalue weighted by Crippen LogP contribution is -2.50. The smallest absolute Gasteiger partial charge is 0.322 e. The van der Waals surface area contributed by atoms with Gasteiger partial charge in [-0.25, -0.2) is 28.2 Å². The molecule has 2 aromatic heterocycles. The molecule has 3 heterocycles. The van der Waals surface area contributed by atoms with Gasteiger partial charge in [-0.1, -0.05) is 0 Å². The number of halogens is 2. The van der Waals surface area contributed by atoms with E-state index in [0.29, 0.717) is 37.8 Å². The molecule has 1 aromatic carbocycles. The Labute approximate surface area is 165 Å². The Morgan fingerprint density at radius 3 is 2.55 bits per heavy atom. The summed E-state index contributed by atoms with van der Waals surface area (Å²) < 4.78 is 28.7.